The van der Waals surface area contributed by atoms with E-state index in [-0.39, 0.29) is 11.3 Å². The molecule has 2 aromatic rings. The summed E-state index contributed by atoms with van der Waals surface area (Å²) in [5.41, 5.74) is 1.34. The van der Waals surface area contributed by atoms with Crippen molar-refractivity contribution >= 4 is 17.5 Å². The molecule has 0 saturated heterocycles. The van der Waals surface area contributed by atoms with Crippen LogP contribution in [0.3, 0.4) is 0 Å². The molecule has 6 heteroatoms. The van der Waals surface area contributed by atoms with Crippen LogP contribution in [0.15, 0.2) is 42.5 Å². The molecule has 0 aromatic heterocycles. The van der Waals surface area contributed by atoms with E-state index in [9.17, 15) is 9.18 Å². The fraction of sp³-hybridized carbons (Fsp3) is 0.263. The SMILES string of the molecule is CC(C)(C)OC(=O)NCc1ccc(Nc2c(F)cccc2C#N)cc1. The maximum atomic E-state index is 13.9. The highest BCUT2D eigenvalue weighted by molar-refractivity contribution is 5.68. The van der Waals surface area contributed by atoms with Crippen molar-refractivity contribution in [2.75, 3.05) is 5.32 Å². The summed E-state index contributed by atoms with van der Waals surface area (Å²) in [6.45, 7) is 5.71. The first-order valence-corrected chi connectivity index (χ1v) is 7.80. The highest BCUT2D eigenvalue weighted by atomic mass is 19.1. The van der Waals surface area contributed by atoms with E-state index in [0.29, 0.717) is 12.2 Å². The van der Waals surface area contributed by atoms with E-state index in [1.54, 1.807) is 51.1 Å². The Morgan fingerprint density at radius 3 is 2.48 bits per heavy atom. The molecule has 0 bridgehead atoms. The van der Waals surface area contributed by atoms with Crippen molar-refractivity contribution < 1.29 is 13.9 Å². The van der Waals surface area contributed by atoms with Gasteiger partial charge < -0.3 is 15.4 Å². The predicted molar refractivity (Wildman–Crippen MR) is 93.9 cm³/mol. The summed E-state index contributed by atoms with van der Waals surface area (Å²) in [6, 6.07) is 13.4. The summed E-state index contributed by atoms with van der Waals surface area (Å²) < 4.78 is 19.0. The first-order chi connectivity index (χ1) is 11.8. The molecule has 0 aliphatic heterocycles. The number of para-hydroxylation sites is 1. The van der Waals surface area contributed by atoms with E-state index in [1.165, 1.54) is 12.1 Å². The Labute approximate surface area is 146 Å². The normalized spacial score (nSPS) is 10.7. The second-order valence-corrected chi connectivity index (χ2v) is 6.45. The van der Waals surface area contributed by atoms with E-state index < -0.39 is 17.5 Å². The number of amides is 1. The molecule has 0 saturated carbocycles. The maximum absolute atomic E-state index is 13.9. The van der Waals surface area contributed by atoms with Gasteiger partial charge in [0.05, 0.1) is 11.3 Å². The van der Waals surface area contributed by atoms with Crippen molar-refractivity contribution in [1.29, 1.82) is 5.26 Å². The Hall–Kier alpha value is -3.07. The molecule has 0 aliphatic rings. The number of nitrogens with one attached hydrogen (secondary N) is 2. The number of carbonyl (C=O) groups excluding carboxylic acids is 1. The molecule has 0 unspecified atom stereocenters. The van der Waals surface area contributed by atoms with E-state index in [4.69, 9.17) is 10.00 Å². The maximum Gasteiger partial charge on any atom is 0.407 e. The Bertz CT molecular complexity index is 790. The van der Waals surface area contributed by atoms with Crippen LogP contribution in [0, 0.1) is 17.1 Å². The van der Waals surface area contributed by atoms with Gasteiger partial charge in [-0.2, -0.15) is 5.26 Å². The average Bonchev–Trinajstić information content (AvgIpc) is 2.54. The number of alkyl carbamates (subject to hydrolysis) is 1. The fourth-order valence-corrected chi connectivity index (χ4v) is 2.08. The highest BCUT2D eigenvalue weighted by Gasteiger charge is 2.15. The van der Waals surface area contributed by atoms with Gasteiger partial charge in [-0.05, 0) is 50.6 Å². The van der Waals surface area contributed by atoms with E-state index in [0.717, 1.165) is 5.56 Å². The average molecular weight is 341 g/mol. The first-order valence-electron chi connectivity index (χ1n) is 7.80. The van der Waals surface area contributed by atoms with Gasteiger partial charge in [0.2, 0.25) is 0 Å². The topological polar surface area (TPSA) is 74.2 Å². The molecule has 1 amide bonds. The van der Waals surface area contributed by atoms with Crippen LogP contribution in [0.5, 0.6) is 0 Å². The van der Waals surface area contributed by atoms with Crippen LogP contribution >= 0.6 is 0 Å². The lowest BCUT2D eigenvalue weighted by Gasteiger charge is -2.19. The lowest BCUT2D eigenvalue weighted by Crippen LogP contribution is -2.32. The zero-order chi connectivity index (χ0) is 18.4. The molecule has 2 aromatic carbocycles. The van der Waals surface area contributed by atoms with Crippen LogP contribution in [0.4, 0.5) is 20.6 Å². The van der Waals surface area contributed by atoms with Crippen molar-refractivity contribution in [3.63, 3.8) is 0 Å². The standard InChI is InChI=1S/C19H20FN3O2/c1-19(2,3)25-18(24)22-12-13-7-9-15(10-8-13)23-17-14(11-21)5-4-6-16(17)20/h4-10,23H,12H2,1-3H3,(H,22,24). The van der Waals surface area contributed by atoms with Gasteiger partial charge in [0.15, 0.2) is 0 Å². The minimum atomic E-state index is -0.546. The third-order valence-corrected chi connectivity index (χ3v) is 3.19. The molecular weight excluding hydrogens is 321 g/mol. The summed E-state index contributed by atoms with van der Waals surface area (Å²) in [7, 11) is 0. The number of rotatable bonds is 4. The summed E-state index contributed by atoms with van der Waals surface area (Å²) >= 11 is 0. The minimum Gasteiger partial charge on any atom is -0.444 e. The van der Waals surface area contributed by atoms with Gasteiger partial charge in [-0.25, -0.2) is 9.18 Å². The quantitative estimate of drug-likeness (QED) is 0.861. The van der Waals surface area contributed by atoms with E-state index >= 15 is 0 Å². The zero-order valence-electron chi connectivity index (χ0n) is 14.4. The smallest absolute Gasteiger partial charge is 0.407 e. The molecule has 0 atom stereocenters. The monoisotopic (exact) mass is 341 g/mol. The summed E-state index contributed by atoms with van der Waals surface area (Å²) in [5, 5.41) is 14.6. The first kappa shape index (κ1) is 18.3. The summed E-state index contributed by atoms with van der Waals surface area (Å²) in [5.74, 6) is -0.491. The fourth-order valence-electron chi connectivity index (χ4n) is 2.08. The number of nitrogens with zero attached hydrogens (tertiary/aromatic N) is 1. The number of benzene rings is 2. The second-order valence-electron chi connectivity index (χ2n) is 6.45. The largest absolute Gasteiger partial charge is 0.444 e. The Balaban J connectivity index is 1.99. The number of hydrogen-bond donors (Lipinski definition) is 2. The Morgan fingerprint density at radius 1 is 1.20 bits per heavy atom. The molecule has 130 valence electrons. The van der Waals surface area contributed by atoms with Crippen molar-refractivity contribution in [1.82, 2.24) is 5.32 Å². The van der Waals surface area contributed by atoms with E-state index in [2.05, 4.69) is 10.6 Å². The molecular formula is C19H20FN3O2. The van der Waals surface area contributed by atoms with Crippen LogP contribution in [-0.2, 0) is 11.3 Å². The number of anilines is 2. The second kappa shape index (κ2) is 7.67. The molecule has 25 heavy (non-hydrogen) atoms. The third kappa shape index (κ3) is 5.50. The van der Waals surface area contributed by atoms with Crippen LogP contribution in [0.1, 0.15) is 31.9 Å². The van der Waals surface area contributed by atoms with Gasteiger partial charge in [0, 0.05) is 12.2 Å². The van der Waals surface area contributed by atoms with Gasteiger partial charge in [-0.15, -0.1) is 0 Å². The van der Waals surface area contributed by atoms with Gasteiger partial charge in [-0.3, -0.25) is 0 Å². The molecule has 5 nitrogen and oxygen atoms in total. The molecule has 0 radical (unpaired) electrons. The predicted octanol–water partition coefficient (Wildman–Crippen LogP) is 4.47. The van der Waals surface area contributed by atoms with Crippen LogP contribution in [-0.4, -0.2) is 11.7 Å². The highest BCUT2D eigenvalue weighted by Crippen LogP contribution is 2.24. The zero-order valence-corrected chi connectivity index (χ0v) is 14.4. The van der Waals surface area contributed by atoms with Gasteiger partial charge in [0.1, 0.15) is 17.5 Å². The van der Waals surface area contributed by atoms with Crippen molar-refractivity contribution in [2.45, 2.75) is 32.9 Å². The van der Waals surface area contributed by atoms with Crippen LogP contribution in [0.25, 0.3) is 0 Å². The van der Waals surface area contributed by atoms with E-state index in [1.807, 2.05) is 6.07 Å². The Kier molecular flexibility index (Phi) is 5.60. The Morgan fingerprint density at radius 2 is 1.88 bits per heavy atom. The van der Waals surface area contributed by atoms with Crippen molar-refractivity contribution in [2.24, 2.45) is 0 Å². The molecule has 0 aliphatic carbocycles. The molecule has 2 rings (SSSR count). The number of carbonyl (C=O) groups is 1. The van der Waals surface area contributed by atoms with Gasteiger partial charge >= 0.3 is 6.09 Å². The summed E-state index contributed by atoms with van der Waals surface area (Å²) in [6.07, 6.45) is -0.486. The summed E-state index contributed by atoms with van der Waals surface area (Å²) in [4.78, 5) is 11.6. The molecule has 0 heterocycles. The lowest BCUT2D eigenvalue weighted by molar-refractivity contribution is 0.0523. The van der Waals surface area contributed by atoms with Crippen molar-refractivity contribution in [3.8, 4) is 6.07 Å². The van der Waals surface area contributed by atoms with Crippen LogP contribution in [0.2, 0.25) is 0 Å². The van der Waals surface area contributed by atoms with Crippen LogP contribution < -0.4 is 10.6 Å². The lowest BCUT2D eigenvalue weighted by atomic mass is 10.1. The number of nitriles is 1. The number of hydrogen-bond acceptors (Lipinski definition) is 4. The minimum absolute atomic E-state index is 0.143. The molecule has 0 spiro atoms. The third-order valence-electron chi connectivity index (χ3n) is 3.19. The van der Waals surface area contributed by atoms with Gasteiger partial charge in [-0.1, -0.05) is 18.2 Å². The van der Waals surface area contributed by atoms with Crippen molar-refractivity contribution in [3.05, 3.63) is 59.4 Å². The van der Waals surface area contributed by atoms with Gasteiger partial charge in [0.25, 0.3) is 0 Å². The molecule has 2 N–H and O–H groups in total. The number of ether oxygens (including phenoxy) is 1. The number of halogens is 1. The molecule has 0 fully saturated rings.